The molecule has 1 amide bonds. The van der Waals surface area contributed by atoms with Gasteiger partial charge in [0.05, 0.1) is 5.69 Å². The molecule has 0 saturated heterocycles. The monoisotopic (exact) mass is 336 g/mol. The van der Waals surface area contributed by atoms with Crippen molar-refractivity contribution in [2.45, 2.75) is 20.3 Å². The second kappa shape index (κ2) is 7.41. The van der Waals surface area contributed by atoms with Gasteiger partial charge < -0.3 is 5.32 Å². The third kappa shape index (κ3) is 3.89. The highest BCUT2D eigenvalue weighted by molar-refractivity contribution is 7.13. The van der Waals surface area contributed by atoms with Crippen LogP contribution in [0.3, 0.4) is 0 Å². The molecule has 3 nitrogen and oxygen atoms in total. The van der Waals surface area contributed by atoms with Gasteiger partial charge in [0, 0.05) is 29.5 Å². The highest BCUT2D eigenvalue weighted by Crippen LogP contribution is 2.24. The molecule has 0 saturated carbocycles. The lowest BCUT2D eigenvalue weighted by atomic mass is 10.1. The second-order valence-electron chi connectivity index (χ2n) is 5.83. The Morgan fingerprint density at radius 2 is 1.83 bits per heavy atom. The first-order valence-corrected chi connectivity index (χ1v) is 8.87. The number of nitrogens with one attached hydrogen (secondary N) is 1. The maximum absolute atomic E-state index is 12.2. The Kier molecular flexibility index (Phi) is 5.06. The van der Waals surface area contributed by atoms with Crippen molar-refractivity contribution in [1.29, 1.82) is 0 Å². The molecule has 4 heteroatoms. The first-order chi connectivity index (χ1) is 11.6. The number of nitrogens with zero attached hydrogens (tertiary/aromatic N) is 1. The van der Waals surface area contributed by atoms with E-state index < -0.39 is 0 Å². The van der Waals surface area contributed by atoms with Gasteiger partial charge in [-0.25, -0.2) is 4.98 Å². The number of thiazole rings is 1. The summed E-state index contributed by atoms with van der Waals surface area (Å²) in [5.41, 5.74) is 5.12. The minimum Gasteiger partial charge on any atom is -0.352 e. The van der Waals surface area contributed by atoms with Crippen LogP contribution in [0.4, 0.5) is 0 Å². The van der Waals surface area contributed by atoms with E-state index in [0.717, 1.165) is 33.8 Å². The van der Waals surface area contributed by atoms with E-state index in [1.807, 2.05) is 31.2 Å². The Morgan fingerprint density at radius 1 is 1.08 bits per heavy atom. The largest absolute Gasteiger partial charge is 0.352 e. The molecule has 0 unspecified atom stereocenters. The van der Waals surface area contributed by atoms with Crippen LogP contribution in [-0.4, -0.2) is 17.4 Å². The van der Waals surface area contributed by atoms with E-state index in [2.05, 4.69) is 46.9 Å². The van der Waals surface area contributed by atoms with Gasteiger partial charge in [0.1, 0.15) is 5.01 Å². The maximum Gasteiger partial charge on any atom is 0.251 e. The molecule has 0 aliphatic carbocycles. The number of carbonyl (C=O) groups excluding carboxylic acids is 1. The third-order valence-corrected chi connectivity index (χ3v) is 4.85. The molecule has 3 aromatic rings. The lowest BCUT2D eigenvalue weighted by Crippen LogP contribution is -2.26. The summed E-state index contributed by atoms with van der Waals surface area (Å²) in [6.07, 6.45) is 0.736. The van der Waals surface area contributed by atoms with Crippen molar-refractivity contribution in [2.24, 2.45) is 0 Å². The van der Waals surface area contributed by atoms with E-state index in [9.17, 15) is 4.79 Å². The predicted octanol–water partition coefficient (Wildman–Crippen LogP) is 4.40. The minimum atomic E-state index is -0.0258. The van der Waals surface area contributed by atoms with Crippen molar-refractivity contribution in [2.75, 3.05) is 6.54 Å². The number of hydrogen-bond donors (Lipinski definition) is 1. The smallest absolute Gasteiger partial charge is 0.251 e. The molecule has 122 valence electrons. The topological polar surface area (TPSA) is 42.0 Å². The molecular formula is C20H20N2OS. The van der Waals surface area contributed by atoms with Gasteiger partial charge in [-0.2, -0.15) is 0 Å². The quantitative estimate of drug-likeness (QED) is 0.750. The Bertz CT molecular complexity index is 837. The summed E-state index contributed by atoms with van der Waals surface area (Å²) in [6.45, 7) is 4.61. The zero-order chi connectivity index (χ0) is 16.9. The Labute approximate surface area is 146 Å². The molecule has 0 fully saturated rings. The van der Waals surface area contributed by atoms with Crippen molar-refractivity contribution in [3.05, 3.63) is 76.3 Å². The predicted molar refractivity (Wildman–Crippen MR) is 99.5 cm³/mol. The summed E-state index contributed by atoms with van der Waals surface area (Å²) in [5, 5.41) is 6.06. The standard InChI is InChI=1S/C20H20N2OS/c1-14-7-9-16(10-8-14)20-22-17(13-24-20)11-12-21-19(23)18-6-4-3-5-15(18)2/h3-10,13H,11-12H2,1-2H3,(H,21,23). The molecule has 0 aliphatic heterocycles. The fourth-order valence-electron chi connectivity index (χ4n) is 2.48. The van der Waals surface area contributed by atoms with E-state index in [-0.39, 0.29) is 5.91 Å². The fraction of sp³-hybridized carbons (Fsp3) is 0.200. The molecule has 1 heterocycles. The first kappa shape index (κ1) is 16.4. The first-order valence-electron chi connectivity index (χ1n) is 7.99. The van der Waals surface area contributed by atoms with Crippen molar-refractivity contribution in [1.82, 2.24) is 10.3 Å². The number of aromatic nitrogens is 1. The number of rotatable bonds is 5. The summed E-state index contributed by atoms with van der Waals surface area (Å²) in [7, 11) is 0. The van der Waals surface area contributed by atoms with Crippen molar-refractivity contribution in [3.8, 4) is 10.6 Å². The molecule has 0 bridgehead atoms. The molecule has 0 atom stereocenters. The number of aryl methyl sites for hydroxylation is 2. The molecule has 2 aromatic carbocycles. The van der Waals surface area contributed by atoms with Gasteiger partial charge in [0.25, 0.3) is 5.91 Å². The fourth-order valence-corrected chi connectivity index (χ4v) is 3.34. The third-order valence-electron chi connectivity index (χ3n) is 3.91. The van der Waals surface area contributed by atoms with E-state index in [1.165, 1.54) is 5.56 Å². The highest BCUT2D eigenvalue weighted by atomic mass is 32.1. The number of benzene rings is 2. The van der Waals surface area contributed by atoms with Crippen molar-refractivity contribution >= 4 is 17.2 Å². The Hall–Kier alpha value is -2.46. The van der Waals surface area contributed by atoms with E-state index >= 15 is 0 Å². The molecule has 0 spiro atoms. The number of amides is 1. The molecule has 0 aliphatic rings. The summed E-state index contributed by atoms with van der Waals surface area (Å²) in [4.78, 5) is 16.8. The average molecular weight is 336 g/mol. The van der Waals surface area contributed by atoms with Gasteiger partial charge in [-0.15, -0.1) is 11.3 Å². The molecule has 1 N–H and O–H groups in total. The molecule has 3 rings (SSSR count). The summed E-state index contributed by atoms with van der Waals surface area (Å²) < 4.78 is 0. The molecular weight excluding hydrogens is 316 g/mol. The van der Waals surface area contributed by atoms with Gasteiger partial charge in [0.2, 0.25) is 0 Å². The SMILES string of the molecule is Cc1ccc(-c2nc(CCNC(=O)c3ccccc3C)cs2)cc1. The van der Waals surface area contributed by atoms with Gasteiger partial charge in [0.15, 0.2) is 0 Å². The summed E-state index contributed by atoms with van der Waals surface area (Å²) in [6, 6.07) is 16.0. The van der Waals surface area contributed by atoms with Crippen LogP contribution in [0, 0.1) is 13.8 Å². The van der Waals surface area contributed by atoms with Gasteiger partial charge in [-0.1, -0.05) is 48.0 Å². The summed E-state index contributed by atoms with van der Waals surface area (Å²) >= 11 is 1.64. The van der Waals surface area contributed by atoms with Crippen LogP contribution in [0.15, 0.2) is 53.9 Å². The normalized spacial score (nSPS) is 10.6. The highest BCUT2D eigenvalue weighted by Gasteiger charge is 2.08. The van der Waals surface area contributed by atoms with E-state index in [4.69, 9.17) is 0 Å². The Balaban J connectivity index is 1.57. The summed E-state index contributed by atoms with van der Waals surface area (Å²) in [5.74, 6) is -0.0258. The Morgan fingerprint density at radius 3 is 2.58 bits per heavy atom. The van der Waals surface area contributed by atoms with Gasteiger partial charge in [-0.05, 0) is 25.5 Å². The van der Waals surface area contributed by atoms with Crippen LogP contribution in [0.25, 0.3) is 10.6 Å². The van der Waals surface area contributed by atoms with Crippen LogP contribution in [0.5, 0.6) is 0 Å². The maximum atomic E-state index is 12.2. The van der Waals surface area contributed by atoms with Crippen molar-refractivity contribution in [3.63, 3.8) is 0 Å². The zero-order valence-electron chi connectivity index (χ0n) is 13.9. The second-order valence-corrected chi connectivity index (χ2v) is 6.69. The van der Waals surface area contributed by atoms with Crippen molar-refractivity contribution < 1.29 is 4.79 Å². The average Bonchev–Trinajstić information content (AvgIpc) is 3.04. The van der Waals surface area contributed by atoms with E-state index in [0.29, 0.717) is 6.54 Å². The van der Waals surface area contributed by atoms with Crippen LogP contribution in [0.2, 0.25) is 0 Å². The molecule has 0 radical (unpaired) electrons. The number of hydrogen-bond acceptors (Lipinski definition) is 3. The number of carbonyl (C=O) groups is 1. The minimum absolute atomic E-state index is 0.0258. The van der Waals surface area contributed by atoms with Crippen LogP contribution in [0.1, 0.15) is 27.2 Å². The lowest BCUT2D eigenvalue weighted by molar-refractivity contribution is 0.0953. The van der Waals surface area contributed by atoms with Crippen LogP contribution in [-0.2, 0) is 6.42 Å². The lowest BCUT2D eigenvalue weighted by Gasteiger charge is -2.06. The van der Waals surface area contributed by atoms with Crippen LogP contribution < -0.4 is 5.32 Å². The molecule has 1 aromatic heterocycles. The van der Waals surface area contributed by atoms with Crippen LogP contribution >= 0.6 is 11.3 Å². The zero-order valence-corrected chi connectivity index (χ0v) is 14.7. The van der Waals surface area contributed by atoms with Gasteiger partial charge in [-0.3, -0.25) is 4.79 Å². The van der Waals surface area contributed by atoms with Gasteiger partial charge >= 0.3 is 0 Å². The van der Waals surface area contributed by atoms with E-state index in [1.54, 1.807) is 11.3 Å². The molecule has 24 heavy (non-hydrogen) atoms.